The Labute approximate surface area is 262 Å². The van der Waals surface area contributed by atoms with E-state index in [9.17, 15) is 14.3 Å². The van der Waals surface area contributed by atoms with E-state index in [0.717, 1.165) is 24.1 Å². The lowest BCUT2D eigenvalue weighted by Gasteiger charge is -2.13. The van der Waals surface area contributed by atoms with E-state index in [0.29, 0.717) is 51.9 Å². The Kier molecular flexibility index (Phi) is 7.50. The number of ether oxygens (including phenoxy) is 1. The highest BCUT2D eigenvalue weighted by molar-refractivity contribution is 5.92. The van der Waals surface area contributed by atoms with Gasteiger partial charge in [-0.25, -0.2) is 23.5 Å². The van der Waals surface area contributed by atoms with Crippen molar-refractivity contribution >= 4 is 17.0 Å². The molecule has 46 heavy (non-hydrogen) atoms. The molecule has 0 atom stereocenters. The van der Waals surface area contributed by atoms with Crippen LogP contribution in [-0.2, 0) is 19.6 Å². The van der Waals surface area contributed by atoms with Gasteiger partial charge in [-0.2, -0.15) is 5.26 Å². The normalized spacial score (nSPS) is 12.7. The zero-order chi connectivity index (χ0) is 31.8. The van der Waals surface area contributed by atoms with E-state index in [1.54, 1.807) is 36.4 Å². The van der Waals surface area contributed by atoms with Gasteiger partial charge in [0.2, 0.25) is 0 Å². The highest BCUT2D eigenvalue weighted by Crippen LogP contribution is 2.36. The smallest absolute Gasteiger partial charge is 0.335 e. The Morgan fingerprint density at radius 3 is 2.54 bits per heavy atom. The van der Waals surface area contributed by atoms with Gasteiger partial charge in [0.25, 0.3) is 0 Å². The molecule has 0 amide bonds. The first-order chi connectivity index (χ1) is 22.4. The van der Waals surface area contributed by atoms with Crippen molar-refractivity contribution in [3.63, 3.8) is 0 Å². The molecule has 1 aliphatic carbocycles. The van der Waals surface area contributed by atoms with Crippen molar-refractivity contribution < 1.29 is 23.4 Å². The molecule has 0 unspecified atom stereocenters. The number of fused-ring (bicyclic) bond motifs is 1. The fourth-order valence-electron chi connectivity index (χ4n) is 5.62. The number of nitrogens with zero attached hydrogens (tertiary/aromatic N) is 5. The lowest BCUT2D eigenvalue weighted by molar-refractivity contribution is 0.0697. The molecule has 2 aromatic heterocycles. The minimum Gasteiger partial charge on any atom is -0.489 e. The summed E-state index contributed by atoms with van der Waals surface area (Å²) in [6, 6.07) is 23.5. The third kappa shape index (κ3) is 5.83. The maximum atomic E-state index is 15.7. The number of halogens is 2. The molecular formula is C36H27F2N5O3. The molecule has 6 aromatic rings. The first-order valence-electron chi connectivity index (χ1n) is 14.8. The molecule has 2 heterocycles. The summed E-state index contributed by atoms with van der Waals surface area (Å²) in [5.74, 6) is -0.853. The molecule has 10 heteroatoms. The van der Waals surface area contributed by atoms with E-state index < -0.39 is 17.6 Å². The van der Waals surface area contributed by atoms with Gasteiger partial charge < -0.3 is 19.0 Å². The predicted octanol–water partition coefficient (Wildman–Crippen LogP) is 7.30. The number of imidazole rings is 2. The summed E-state index contributed by atoms with van der Waals surface area (Å²) < 4.78 is 39.9. The number of nitriles is 1. The van der Waals surface area contributed by atoms with Gasteiger partial charge in [0.1, 0.15) is 29.8 Å². The molecule has 1 fully saturated rings. The van der Waals surface area contributed by atoms with Crippen LogP contribution in [-0.4, -0.2) is 30.2 Å². The second kappa shape index (κ2) is 11.9. The van der Waals surface area contributed by atoms with Crippen LogP contribution in [0, 0.1) is 23.0 Å². The second-order valence-corrected chi connectivity index (χ2v) is 11.4. The molecule has 7 rings (SSSR count). The maximum Gasteiger partial charge on any atom is 0.335 e. The Morgan fingerprint density at radius 1 is 0.978 bits per heavy atom. The third-order valence-electron chi connectivity index (χ3n) is 8.23. The van der Waals surface area contributed by atoms with Crippen molar-refractivity contribution in [2.75, 3.05) is 0 Å². The summed E-state index contributed by atoms with van der Waals surface area (Å²) >= 11 is 0. The number of hydrogen-bond donors (Lipinski definition) is 1. The van der Waals surface area contributed by atoms with Gasteiger partial charge in [0.05, 0.1) is 46.8 Å². The number of carboxylic acids is 1. The Balaban J connectivity index is 1.15. The van der Waals surface area contributed by atoms with Gasteiger partial charge in [-0.05, 0) is 78.1 Å². The topological polar surface area (TPSA) is 106 Å². The van der Waals surface area contributed by atoms with Crippen molar-refractivity contribution in [3.8, 4) is 22.9 Å². The molecule has 0 bridgehead atoms. The van der Waals surface area contributed by atoms with Crippen LogP contribution < -0.4 is 4.74 Å². The first kappa shape index (κ1) is 28.9. The fraction of sp³-hybridized carbons (Fsp3) is 0.167. The van der Waals surface area contributed by atoms with Crippen LogP contribution >= 0.6 is 0 Å². The second-order valence-electron chi connectivity index (χ2n) is 11.4. The van der Waals surface area contributed by atoms with Crippen LogP contribution in [0.3, 0.4) is 0 Å². The van der Waals surface area contributed by atoms with Crippen LogP contribution in [0.1, 0.15) is 57.5 Å². The van der Waals surface area contributed by atoms with E-state index in [-0.39, 0.29) is 24.2 Å². The summed E-state index contributed by atoms with van der Waals surface area (Å²) in [5, 5.41) is 18.6. The van der Waals surface area contributed by atoms with E-state index in [1.165, 1.54) is 30.3 Å². The van der Waals surface area contributed by atoms with Crippen molar-refractivity contribution in [3.05, 3.63) is 137 Å². The largest absolute Gasteiger partial charge is 0.489 e. The molecule has 0 radical (unpaired) electrons. The van der Waals surface area contributed by atoms with Crippen LogP contribution in [0.5, 0.6) is 5.75 Å². The third-order valence-corrected chi connectivity index (χ3v) is 8.23. The van der Waals surface area contributed by atoms with Crippen molar-refractivity contribution in [1.29, 1.82) is 5.26 Å². The van der Waals surface area contributed by atoms with Gasteiger partial charge in [0.15, 0.2) is 0 Å². The lowest BCUT2D eigenvalue weighted by atomic mass is 10.0. The summed E-state index contributed by atoms with van der Waals surface area (Å²) in [4.78, 5) is 20.9. The van der Waals surface area contributed by atoms with E-state index in [2.05, 4.69) is 9.55 Å². The Hall–Kier alpha value is -5.82. The van der Waals surface area contributed by atoms with Gasteiger partial charge in [-0.1, -0.05) is 30.3 Å². The molecule has 1 aliphatic rings. The van der Waals surface area contributed by atoms with E-state index in [4.69, 9.17) is 15.0 Å². The Bertz CT molecular complexity index is 2160. The molecule has 0 spiro atoms. The summed E-state index contributed by atoms with van der Waals surface area (Å²) in [6.07, 6.45) is 6.00. The van der Waals surface area contributed by atoms with Crippen molar-refractivity contribution in [2.24, 2.45) is 0 Å². The zero-order valence-electron chi connectivity index (χ0n) is 24.5. The lowest BCUT2D eigenvalue weighted by Crippen LogP contribution is -2.10. The summed E-state index contributed by atoms with van der Waals surface area (Å²) in [6.45, 7) is 0.398. The molecule has 8 nitrogen and oxygen atoms in total. The summed E-state index contributed by atoms with van der Waals surface area (Å²) in [5.41, 5.74) is 4.79. The van der Waals surface area contributed by atoms with Crippen molar-refractivity contribution in [1.82, 2.24) is 19.1 Å². The average molecular weight is 616 g/mol. The number of aromatic carboxylic acids is 1. The monoisotopic (exact) mass is 615 g/mol. The SMILES string of the molecule is N#Cc1ccc(COc2cccc(-c3ccc(Cc4nc5ccc(C(=O)O)cc5n4Cc4cncn4C4CC4)c(F)c3)c2)c(F)c1. The zero-order valence-corrected chi connectivity index (χ0v) is 24.5. The van der Waals surface area contributed by atoms with Crippen LogP contribution in [0.15, 0.2) is 91.4 Å². The van der Waals surface area contributed by atoms with Crippen LogP contribution in [0.2, 0.25) is 0 Å². The number of rotatable bonds is 10. The molecule has 0 saturated heterocycles. The number of aromatic nitrogens is 4. The fourth-order valence-corrected chi connectivity index (χ4v) is 5.62. The van der Waals surface area contributed by atoms with E-state index in [1.807, 2.05) is 35.3 Å². The highest BCUT2D eigenvalue weighted by atomic mass is 19.1. The minimum absolute atomic E-state index is 0.0231. The molecule has 4 aromatic carbocycles. The van der Waals surface area contributed by atoms with Crippen LogP contribution in [0.25, 0.3) is 22.2 Å². The standard InChI is InChI=1S/C36H27F2N5O3/c37-31-12-22(17-39)4-5-27(31)20-46-30-3-1-2-23(13-30)24-6-7-25(32(38)14-24)16-35-41-33-11-8-26(36(44)45)15-34(33)42(35)19-29-18-40-21-43(29)28-9-10-28/h1-8,11-15,18,21,28H,9-10,16,19-20H2,(H,44,45). The molecular weight excluding hydrogens is 588 g/mol. The number of benzene rings is 4. The van der Waals surface area contributed by atoms with Gasteiger partial charge in [-0.3, -0.25) is 0 Å². The predicted molar refractivity (Wildman–Crippen MR) is 166 cm³/mol. The van der Waals surface area contributed by atoms with Crippen LogP contribution in [0.4, 0.5) is 8.78 Å². The maximum absolute atomic E-state index is 15.7. The molecule has 228 valence electrons. The summed E-state index contributed by atoms with van der Waals surface area (Å²) in [7, 11) is 0. The van der Waals surface area contributed by atoms with Gasteiger partial charge in [-0.15, -0.1) is 0 Å². The molecule has 1 N–H and O–H groups in total. The quantitative estimate of drug-likeness (QED) is 0.173. The number of carboxylic acid groups (broad SMARTS) is 1. The first-order valence-corrected chi connectivity index (χ1v) is 14.8. The molecule has 1 saturated carbocycles. The number of carbonyl (C=O) groups is 1. The Morgan fingerprint density at radius 2 is 1.78 bits per heavy atom. The van der Waals surface area contributed by atoms with Crippen molar-refractivity contribution in [2.45, 2.75) is 38.5 Å². The average Bonchev–Trinajstić information content (AvgIpc) is 3.71. The highest BCUT2D eigenvalue weighted by Gasteiger charge is 2.26. The number of hydrogen-bond acceptors (Lipinski definition) is 5. The van der Waals surface area contributed by atoms with Gasteiger partial charge >= 0.3 is 5.97 Å². The minimum atomic E-state index is -1.03. The molecule has 0 aliphatic heterocycles. The van der Waals surface area contributed by atoms with Gasteiger partial charge in [0, 0.05) is 24.2 Å². The van der Waals surface area contributed by atoms with E-state index >= 15 is 4.39 Å².